The van der Waals surface area contributed by atoms with Crippen LogP contribution in [0, 0.1) is 18.8 Å². The molecule has 1 saturated heterocycles. The number of alkyl carbamates (subject to hydrolysis) is 1. The number of nitrogens with two attached hydrogens (primary N) is 1. The summed E-state index contributed by atoms with van der Waals surface area (Å²) in [5.41, 5.74) is 10.4. The Morgan fingerprint density at radius 3 is 2.14 bits per heavy atom. The summed E-state index contributed by atoms with van der Waals surface area (Å²) in [6.07, 6.45) is -1.49. The van der Waals surface area contributed by atoms with Gasteiger partial charge in [0.2, 0.25) is 17.6 Å². The van der Waals surface area contributed by atoms with E-state index in [4.69, 9.17) is 20.4 Å². The number of aliphatic carboxylic acids is 1. The normalized spacial score (nSPS) is 18.0. The largest absolute Gasteiger partial charge is 0.490 e. The molecule has 2 fully saturated rings. The maximum atomic E-state index is 14.2. The third-order valence-corrected chi connectivity index (χ3v) is 10.5. The Kier molecular flexibility index (Phi) is 15.9. The Bertz CT molecular complexity index is 2280. The molecule has 3 heterocycles. The number of pyridine rings is 1. The summed E-state index contributed by atoms with van der Waals surface area (Å²) >= 11 is 0. The van der Waals surface area contributed by atoms with Gasteiger partial charge in [-0.05, 0) is 125 Å². The van der Waals surface area contributed by atoms with Crippen LogP contribution in [0.1, 0.15) is 81.0 Å². The summed E-state index contributed by atoms with van der Waals surface area (Å²) in [6.45, 7) is 8.30. The monoisotopic (exact) mass is 892 g/mol. The number of aromatic nitrogens is 5. The number of aryl methyl sites for hydroxylation is 1. The van der Waals surface area contributed by atoms with E-state index in [-0.39, 0.29) is 29.8 Å². The van der Waals surface area contributed by atoms with Gasteiger partial charge in [-0.1, -0.05) is 30.3 Å². The van der Waals surface area contributed by atoms with Crippen LogP contribution in [0.25, 0.3) is 22.5 Å². The summed E-state index contributed by atoms with van der Waals surface area (Å²) in [5, 5.41) is 29.6. The summed E-state index contributed by atoms with van der Waals surface area (Å²) in [4.78, 5) is 80.2. The molecule has 0 spiro atoms. The number of imide groups is 1. The van der Waals surface area contributed by atoms with Gasteiger partial charge < -0.3 is 31.5 Å². The van der Waals surface area contributed by atoms with Crippen LogP contribution in [0.3, 0.4) is 0 Å². The first-order valence-electron chi connectivity index (χ1n) is 20.6. The van der Waals surface area contributed by atoms with Crippen LogP contribution in [-0.4, -0.2) is 103 Å². The predicted octanol–water partition coefficient (Wildman–Crippen LogP) is 4.64. The van der Waals surface area contributed by atoms with E-state index >= 15 is 0 Å². The third-order valence-electron chi connectivity index (χ3n) is 10.5. The first-order valence-corrected chi connectivity index (χ1v) is 20.6. The predicted molar refractivity (Wildman–Crippen MR) is 225 cm³/mol. The number of carbonyl (C=O) groups excluding carboxylic acids is 5. The number of carboxylic acids is 1. The molecule has 21 heteroatoms. The highest BCUT2D eigenvalue weighted by Gasteiger charge is 2.38. The van der Waals surface area contributed by atoms with Crippen LogP contribution >= 0.6 is 0 Å². The number of rotatable bonds is 11. The van der Waals surface area contributed by atoms with Gasteiger partial charge >= 0.3 is 18.2 Å². The number of nitrogens with one attached hydrogen (secondary N) is 4. The molecule has 0 unspecified atom stereocenters. The topological polar surface area (TPSA) is 265 Å². The average Bonchev–Trinajstić information content (AvgIpc) is 3.79. The molecule has 0 bridgehead atoms. The minimum absolute atomic E-state index is 0.179. The number of ether oxygens (including phenoxy) is 1. The third kappa shape index (κ3) is 13.4. The number of aromatic amines is 1. The molecule has 0 radical (unpaired) electrons. The molecule has 1 saturated carbocycles. The number of hydrogen-bond acceptors (Lipinski definition) is 12. The Morgan fingerprint density at radius 2 is 1.58 bits per heavy atom. The zero-order chi connectivity index (χ0) is 46.8. The second-order valence-corrected chi connectivity index (χ2v) is 16.5. The minimum Gasteiger partial charge on any atom is -0.475 e. The van der Waals surface area contributed by atoms with Crippen molar-refractivity contribution in [3.05, 3.63) is 77.6 Å². The minimum atomic E-state index is -5.08. The lowest BCUT2D eigenvalue weighted by atomic mass is 9.81. The fourth-order valence-electron chi connectivity index (χ4n) is 7.21. The fourth-order valence-corrected chi connectivity index (χ4v) is 7.21. The first-order chi connectivity index (χ1) is 30.2. The Balaban J connectivity index is 0.00000102. The molecule has 2 aromatic carbocycles. The van der Waals surface area contributed by atoms with Gasteiger partial charge in [-0.15, -0.1) is 10.2 Å². The lowest BCUT2D eigenvalue weighted by molar-refractivity contribution is -0.192. The molecule has 2 aliphatic rings. The van der Waals surface area contributed by atoms with Crippen molar-refractivity contribution in [1.29, 1.82) is 0 Å². The van der Waals surface area contributed by atoms with Crippen molar-refractivity contribution in [1.82, 2.24) is 41.6 Å². The molecule has 18 nitrogen and oxygen atoms in total. The number of carbonyl (C=O) groups is 6. The number of amides is 5. The van der Waals surface area contributed by atoms with Crippen molar-refractivity contribution < 1.29 is 51.8 Å². The number of halogens is 3. The number of piperidine rings is 1. The van der Waals surface area contributed by atoms with E-state index in [1.165, 1.54) is 4.90 Å². The zero-order valence-electron chi connectivity index (χ0n) is 35.7. The fraction of sp³-hybridized carbons (Fsp3) is 0.442. The maximum Gasteiger partial charge on any atom is 0.490 e. The standard InChI is InChI=1S/C41H50N10O6.C2HF3O2/c1-24-31(19-20-34(45-24)37(53)46-33-6-5-21-43-36(33)52)27-11-7-25(8-12-27)22-32(42)39(55)51(30-17-15-28(16-18-30)35-47-49-50-48-35)38(54)29-13-9-26(10-14-29)23-44-40(56)57-41(2,3)4;3-2(4,5)1(6)7/h7-8,11-12,15-20,26,29,32-33H,5-6,9-10,13-14,21-23,42H2,1-4H3,(H,43,52)(H,44,56)(H,46,53)(H,47,48,49,50);(H,6,7)/t26?,29?,32-,33-;/m0./s1. The summed E-state index contributed by atoms with van der Waals surface area (Å²) in [5.74, 6) is -4.05. The molecular weight excluding hydrogens is 842 g/mol. The Morgan fingerprint density at radius 1 is 0.938 bits per heavy atom. The van der Waals surface area contributed by atoms with Gasteiger partial charge in [0.05, 0.1) is 11.7 Å². The lowest BCUT2D eigenvalue weighted by Gasteiger charge is -2.32. The molecule has 1 aliphatic carbocycles. The van der Waals surface area contributed by atoms with E-state index in [2.05, 4.69) is 41.6 Å². The smallest absolute Gasteiger partial charge is 0.475 e. The van der Waals surface area contributed by atoms with Gasteiger partial charge in [-0.2, -0.15) is 18.4 Å². The molecular formula is C43H51F3N10O8. The summed E-state index contributed by atoms with van der Waals surface area (Å²) in [6, 6.07) is 16.2. The summed E-state index contributed by atoms with van der Waals surface area (Å²) < 4.78 is 37.1. The van der Waals surface area contributed by atoms with Crippen LogP contribution in [0.15, 0.2) is 60.7 Å². The van der Waals surface area contributed by atoms with E-state index in [0.29, 0.717) is 68.0 Å². The highest BCUT2D eigenvalue weighted by molar-refractivity contribution is 6.17. The number of H-pyrrole nitrogens is 1. The molecule has 5 amide bonds. The van der Waals surface area contributed by atoms with Crippen LogP contribution in [0.4, 0.5) is 23.7 Å². The summed E-state index contributed by atoms with van der Waals surface area (Å²) in [7, 11) is 0. The van der Waals surface area contributed by atoms with Gasteiger partial charge in [0.25, 0.3) is 11.8 Å². The van der Waals surface area contributed by atoms with Gasteiger partial charge in [0.15, 0.2) is 0 Å². The first kappa shape index (κ1) is 48.3. The van der Waals surface area contributed by atoms with E-state index in [1.807, 2.05) is 58.0 Å². The number of carboxylic acid groups (broad SMARTS) is 1. The maximum absolute atomic E-state index is 14.2. The molecule has 342 valence electrons. The van der Waals surface area contributed by atoms with Gasteiger partial charge in [-0.3, -0.25) is 19.2 Å². The van der Waals surface area contributed by atoms with Crippen molar-refractivity contribution in [3.63, 3.8) is 0 Å². The Labute approximate surface area is 366 Å². The van der Waals surface area contributed by atoms with Crippen LogP contribution in [-0.2, 0) is 30.3 Å². The molecule has 6 rings (SSSR count). The molecule has 7 N–H and O–H groups in total. The molecule has 64 heavy (non-hydrogen) atoms. The number of hydrogen-bond donors (Lipinski definition) is 6. The number of nitrogens with zero attached hydrogens (tertiary/aromatic N) is 5. The van der Waals surface area contributed by atoms with Crippen molar-refractivity contribution in [2.45, 2.75) is 96.5 Å². The molecule has 1 aliphatic heterocycles. The van der Waals surface area contributed by atoms with Crippen LogP contribution in [0.2, 0.25) is 0 Å². The molecule has 2 aromatic heterocycles. The van der Waals surface area contributed by atoms with Gasteiger partial charge in [0.1, 0.15) is 17.3 Å². The number of anilines is 1. The molecule has 4 aromatic rings. The van der Waals surface area contributed by atoms with E-state index in [1.54, 1.807) is 30.3 Å². The van der Waals surface area contributed by atoms with Crippen molar-refractivity contribution >= 4 is 41.4 Å². The van der Waals surface area contributed by atoms with E-state index < -0.39 is 53.7 Å². The van der Waals surface area contributed by atoms with E-state index in [0.717, 1.165) is 23.1 Å². The number of alkyl halides is 3. The number of tetrazole rings is 1. The second-order valence-electron chi connectivity index (χ2n) is 16.5. The van der Waals surface area contributed by atoms with Crippen molar-refractivity contribution in [3.8, 4) is 22.5 Å². The highest BCUT2D eigenvalue weighted by atomic mass is 19.4. The van der Waals surface area contributed by atoms with Crippen molar-refractivity contribution in [2.24, 2.45) is 17.6 Å². The number of benzene rings is 2. The zero-order valence-corrected chi connectivity index (χ0v) is 35.7. The SMILES string of the molecule is Cc1nc(C(=O)N[C@H]2CCCNC2=O)ccc1-c1ccc(C[C@H](N)C(=O)N(C(=O)C2CCC(CNC(=O)OC(C)(C)C)CC2)c2ccc(-c3nn[nH]n3)cc2)cc1.O=C(O)C(F)(F)F. The van der Waals surface area contributed by atoms with Crippen LogP contribution in [0.5, 0.6) is 0 Å². The average molecular weight is 893 g/mol. The van der Waals surface area contributed by atoms with Gasteiger partial charge in [0, 0.05) is 35.8 Å². The van der Waals surface area contributed by atoms with Crippen LogP contribution < -0.4 is 26.6 Å². The second kappa shape index (κ2) is 21.1. The Hall–Kier alpha value is -6.77. The van der Waals surface area contributed by atoms with Crippen molar-refractivity contribution in [2.75, 3.05) is 18.0 Å². The quantitative estimate of drug-likeness (QED) is 0.120. The lowest BCUT2D eigenvalue weighted by Crippen LogP contribution is -2.50. The van der Waals surface area contributed by atoms with Gasteiger partial charge in [-0.25, -0.2) is 19.5 Å². The van der Waals surface area contributed by atoms with E-state index in [9.17, 15) is 37.1 Å². The molecule has 2 atom stereocenters. The highest BCUT2D eigenvalue weighted by Crippen LogP contribution is 2.32.